The summed E-state index contributed by atoms with van der Waals surface area (Å²) in [5.74, 6) is 1.74. The van der Waals surface area contributed by atoms with Crippen molar-refractivity contribution in [2.24, 2.45) is 0 Å². The number of hydrogen-bond donors (Lipinski definition) is 0. The lowest BCUT2D eigenvalue weighted by Crippen LogP contribution is -1.97. The van der Waals surface area contributed by atoms with Crippen LogP contribution in [0.5, 0.6) is 17.2 Å². The van der Waals surface area contributed by atoms with E-state index in [1.807, 2.05) is 48.6 Å². The van der Waals surface area contributed by atoms with E-state index in [0.29, 0.717) is 22.3 Å². The van der Waals surface area contributed by atoms with Gasteiger partial charge in [-0.05, 0) is 35.2 Å². The van der Waals surface area contributed by atoms with Crippen molar-refractivity contribution in [3.05, 3.63) is 58.9 Å². The van der Waals surface area contributed by atoms with Gasteiger partial charge in [-0.3, -0.25) is 4.98 Å². The molecule has 0 bridgehead atoms. The van der Waals surface area contributed by atoms with Crippen LogP contribution in [-0.2, 0) is 0 Å². The molecule has 3 rings (SSSR count). The molecular formula is C20H18ClNO3. The zero-order valence-electron chi connectivity index (χ0n) is 14.2. The number of benzene rings is 2. The third-order valence-electron chi connectivity index (χ3n) is 3.91. The Kier molecular flexibility index (Phi) is 5.10. The average Bonchev–Trinajstić information content (AvgIpc) is 2.65. The summed E-state index contributed by atoms with van der Waals surface area (Å²) in [4.78, 5) is 4.48. The highest BCUT2D eigenvalue weighted by Crippen LogP contribution is 2.44. The molecule has 1 heterocycles. The maximum Gasteiger partial charge on any atom is 0.204 e. The Hall–Kier alpha value is -2.72. The van der Waals surface area contributed by atoms with E-state index in [-0.39, 0.29) is 0 Å². The van der Waals surface area contributed by atoms with Crippen molar-refractivity contribution in [3.63, 3.8) is 0 Å². The number of hydrogen-bond acceptors (Lipinski definition) is 4. The van der Waals surface area contributed by atoms with E-state index in [2.05, 4.69) is 4.98 Å². The molecule has 0 saturated carbocycles. The minimum absolute atomic E-state index is 0.540. The third kappa shape index (κ3) is 3.26. The van der Waals surface area contributed by atoms with Gasteiger partial charge in [0.25, 0.3) is 0 Å². The smallest absolute Gasteiger partial charge is 0.204 e. The fraction of sp³-hybridized carbons (Fsp3) is 0.150. The number of nitrogens with zero attached hydrogens (tertiary/aromatic N) is 1. The van der Waals surface area contributed by atoms with Crippen molar-refractivity contribution in [2.45, 2.75) is 0 Å². The van der Waals surface area contributed by atoms with Crippen LogP contribution in [0.25, 0.3) is 22.9 Å². The van der Waals surface area contributed by atoms with Crippen LogP contribution in [0.1, 0.15) is 11.3 Å². The molecule has 3 aromatic rings. The van der Waals surface area contributed by atoms with E-state index in [1.165, 1.54) is 0 Å². The van der Waals surface area contributed by atoms with Crippen LogP contribution in [0.3, 0.4) is 0 Å². The Labute approximate surface area is 151 Å². The lowest BCUT2D eigenvalue weighted by atomic mass is 10.1. The van der Waals surface area contributed by atoms with Gasteiger partial charge in [-0.15, -0.1) is 0 Å². The third-order valence-corrected chi connectivity index (χ3v) is 4.25. The van der Waals surface area contributed by atoms with Gasteiger partial charge in [0.05, 0.1) is 32.4 Å². The summed E-state index contributed by atoms with van der Waals surface area (Å²) >= 11 is 6.22. The van der Waals surface area contributed by atoms with Gasteiger partial charge in [-0.25, -0.2) is 0 Å². The van der Waals surface area contributed by atoms with Gasteiger partial charge in [0.1, 0.15) is 0 Å². The van der Waals surface area contributed by atoms with Crippen LogP contribution in [0.15, 0.2) is 42.6 Å². The van der Waals surface area contributed by atoms with Crippen LogP contribution in [0.4, 0.5) is 0 Å². The summed E-state index contributed by atoms with van der Waals surface area (Å²) in [6, 6.07) is 11.5. The van der Waals surface area contributed by atoms with Crippen molar-refractivity contribution in [3.8, 4) is 17.2 Å². The maximum atomic E-state index is 6.22. The molecule has 0 N–H and O–H groups in total. The Balaban J connectivity index is 2.21. The van der Waals surface area contributed by atoms with Gasteiger partial charge in [0.15, 0.2) is 11.5 Å². The van der Waals surface area contributed by atoms with Gasteiger partial charge in [0, 0.05) is 11.2 Å². The van der Waals surface area contributed by atoms with E-state index in [4.69, 9.17) is 25.8 Å². The summed E-state index contributed by atoms with van der Waals surface area (Å²) in [5, 5.41) is 2.49. The van der Waals surface area contributed by atoms with Gasteiger partial charge in [0.2, 0.25) is 5.75 Å². The molecule has 0 aliphatic rings. The summed E-state index contributed by atoms with van der Waals surface area (Å²) in [6.07, 6.45) is 5.60. The maximum absolute atomic E-state index is 6.22. The van der Waals surface area contributed by atoms with Gasteiger partial charge >= 0.3 is 0 Å². The lowest BCUT2D eigenvalue weighted by molar-refractivity contribution is 0.327. The molecule has 0 aliphatic heterocycles. The number of pyridine rings is 1. The Morgan fingerprint density at radius 3 is 2.36 bits per heavy atom. The molecule has 1 aromatic heterocycles. The molecule has 0 radical (unpaired) electrons. The molecule has 0 saturated heterocycles. The fourth-order valence-corrected chi connectivity index (χ4v) is 2.94. The molecule has 2 aromatic carbocycles. The number of ether oxygens (including phenoxy) is 3. The molecule has 0 aliphatic carbocycles. The SMILES string of the molecule is COc1cc2ccnc(/C=C/c3ccccc3Cl)c2c(OC)c1OC. The molecule has 25 heavy (non-hydrogen) atoms. The molecule has 0 atom stereocenters. The van der Waals surface area contributed by atoms with Crippen molar-refractivity contribution in [2.75, 3.05) is 21.3 Å². The van der Waals surface area contributed by atoms with E-state index in [9.17, 15) is 0 Å². The minimum Gasteiger partial charge on any atom is -0.493 e. The van der Waals surface area contributed by atoms with Gasteiger partial charge < -0.3 is 14.2 Å². The van der Waals surface area contributed by atoms with E-state index < -0.39 is 0 Å². The van der Waals surface area contributed by atoms with Crippen LogP contribution >= 0.6 is 11.6 Å². The number of aromatic nitrogens is 1. The first-order chi connectivity index (χ1) is 12.2. The second-order valence-electron chi connectivity index (χ2n) is 5.29. The largest absolute Gasteiger partial charge is 0.493 e. The summed E-state index contributed by atoms with van der Waals surface area (Å²) in [7, 11) is 4.79. The molecular weight excluding hydrogens is 338 g/mol. The van der Waals surface area contributed by atoms with E-state index in [0.717, 1.165) is 22.0 Å². The minimum atomic E-state index is 0.540. The quantitative estimate of drug-likeness (QED) is 0.639. The van der Waals surface area contributed by atoms with Gasteiger partial charge in [-0.2, -0.15) is 0 Å². The van der Waals surface area contributed by atoms with Crippen LogP contribution in [0, 0.1) is 0 Å². The molecule has 5 heteroatoms. The van der Waals surface area contributed by atoms with Crippen molar-refractivity contribution < 1.29 is 14.2 Å². The van der Waals surface area contributed by atoms with Gasteiger partial charge in [-0.1, -0.05) is 35.9 Å². The normalized spacial score (nSPS) is 11.0. The molecule has 0 fully saturated rings. The predicted octanol–water partition coefficient (Wildman–Crippen LogP) is 5.08. The second-order valence-corrected chi connectivity index (χ2v) is 5.70. The van der Waals surface area contributed by atoms with E-state index >= 15 is 0 Å². The molecule has 4 nitrogen and oxygen atoms in total. The molecule has 0 amide bonds. The standard InChI is InChI=1S/C20H18ClNO3/c1-23-17-12-14-10-11-22-16(18(14)20(25-3)19(17)24-2)9-8-13-6-4-5-7-15(13)21/h4-12H,1-3H3/b9-8+. The van der Waals surface area contributed by atoms with Crippen LogP contribution in [-0.4, -0.2) is 26.3 Å². The van der Waals surface area contributed by atoms with E-state index in [1.54, 1.807) is 27.5 Å². The summed E-state index contributed by atoms with van der Waals surface area (Å²) in [6.45, 7) is 0. The highest BCUT2D eigenvalue weighted by molar-refractivity contribution is 6.32. The first-order valence-electron chi connectivity index (χ1n) is 7.70. The fourth-order valence-electron chi connectivity index (χ4n) is 2.74. The summed E-state index contributed by atoms with van der Waals surface area (Å²) in [5.41, 5.74) is 1.68. The zero-order chi connectivity index (χ0) is 17.8. The number of rotatable bonds is 5. The Bertz CT molecular complexity index is 938. The van der Waals surface area contributed by atoms with Crippen LogP contribution < -0.4 is 14.2 Å². The number of methoxy groups -OCH3 is 3. The Morgan fingerprint density at radius 1 is 0.920 bits per heavy atom. The topological polar surface area (TPSA) is 40.6 Å². The van der Waals surface area contributed by atoms with Crippen molar-refractivity contribution in [1.82, 2.24) is 4.98 Å². The highest BCUT2D eigenvalue weighted by Gasteiger charge is 2.18. The van der Waals surface area contributed by atoms with Crippen molar-refractivity contribution in [1.29, 1.82) is 0 Å². The first-order valence-corrected chi connectivity index (χ1v) is 8.07. The number of halogens is 1. The predicted molar refractivity (Wildman–Crippen MR) is 102 cm³/mol. The molecule has 0 spiro atoms. The summed E-state index contributed by atoms with van der Waals surface area (Å²) < 4.78 is 16.5. The van der Waals surface area contributed by atoms with Crippen LogP contribution in [0.2, 0.25) is 5.02 Å². The molecule has 128 valence electrons. The number of fused-ring (bicyclic) bond motifs is 1. The zero-order valence-corrected chi connectivity index (χ0v) is 15.0. The van der Waals surface area contributed by atoms with Crippen molar-refractivity contribution >= 4 is 34.5 Å². The second kappa shape index (κ2) is 7.45. The lowest BCUT2D eigenvalue weighted by Gasteiger charge is -2.15. The average molecular weight is 356 g/mol. The first kappa shape index (κ1) is 17.1. The monoisotopic (exact) mass is 355 g/mol. The highest BCUT2D eigenvalue weighted by atomic mass is 35.5. The Morgan fingerprint density at radius 2 is 1.68 bits per heavy atom. The molecule has 0 unspecified atom stereocenters.